The summed E-state index contributed by atoms with van der Waals surface area (Å²) in [5.74, 6) is -0.0311. The van der Waals surface area contributed by atoms with Crippen molar-refractivity contribution in [2.24, 2.45) is 5.92 Å². The smallest absolute Gasteiger partial charge is 0.240 e. The van der Waals surface area contributed by atoms with Crippen LogP contribution >= 0.6 is 0 Å². The highest BCUT2D eigenvalue weighted by Gasteiger charge is 2.18. The summed E-state index contributed by atoms with van der Waals surface area (Å²) in [6.07, 6.45) is 5.66. The lowest BCUT2D eigenvalue weighted by Crippen LogP contribution is -2.26. The van der Waals surface area contributed by atoms with E-state index in [2.05, 4.69) is 4.72 Å². The third-order valence-corrected chi connectivity index (χ3v) is 4.96. The van der Waals surface area contributed by atoms with Crippen molar-refractivity contribution in [3.05, 3.63) is 24.0 Å². The quantitative estimate of drug-likeness (QED) is 0.816. The predicted octanol–water partition coefficient (Wildman–Crippen LogP) is 2.27. The van der Waals surface area contributed by atoms with Gasteiger partial charge in [-0.3, -0.25) is 0 Å². The molecule has 0 amide bonds. The summed E-state index contributed by atoms with van der Waals surface area (Å²) in [6.45, 7) is 0.392. The van der Waals surface area contributed by atoms with Gasteiger partial charge in [0.05, 0.1) is 4.90 Å². The van der Waals surface area contributed by atoms with Gasteiger partial charge in [-0.2, -0.15) is 0 Å². The molecule has 3 N–H and O–H groups in total. The molecule has 2 rings (SSSR count). The van der Waals surface area contributed by atoms with Gasteiger partial charge in [-0.25, -0.2) is 17.5 Å². The fourth-order valence-corrected chi connectivity index (χ4v) is 3.63. The number of hydrogen-bond donors (Lipinski definition) is 2. The van der Waals surface area contributed by atoms with E-state index in [1.54, 1.807) is 0 Å². The molecule has 0 unspecified atom stereocenters. The van der Waals surface area contributed by atoms with E-state index < -0.39 is 15.8 Å². The molecule has 1 fully saturated rings. The molecule has 6 heteroatoms. The summed E-state index contributed by atoms with van der Waals surface area (Å²) >= 11 is 0. The van der Waals surface area contributed by atoms with Crippen LogP contribution < -0.4 is 10.5 Å². The molecule has 1 aromatic carbocycles. The Morgan fingerprint density at radius 3 is 2.58 bits per heavy atom. The predicted molar refractivity (Wildman–Crippen MR) is 72.6 cm³/mol. The zero-order chi connectivity index (χ0) is 13.9. The molecule has 1 saturated carbocycles. The van der Waals surface area contributed by atoms with Crippen molar-refractivity contribution in [1.82, 2.24) is 4.72 Å². The molecule has 0 radical (unpaired) electrons. The van der Waals surface area contributed by atoms with E-state index in [1.165, 1.54) is 31.7 Å². The minimum Gasteiger partial charge on any atom is -0.399 e. The van der Waals surface area contributed by atoms with Crippen molar-refractivity contribution in [3.63, 3.8) is 0 Å². The van der Waals surface area contributed by atoms with Crippen LogP contribution in [0, 0.1) is 11.7 Å². The molecular formula is C13H19FN2O2S. The summed E-state index contributed by atoms with van der Waals surface area (Å²) < 4.78 is 39.6. The molecule has 1 aromatic rings. The van der Waals surface area contributed by atoms with Gasteiger partial charge in [0.25, 0.3) is 0 Å². The first-order valence-electron chi connectivity index (χ1n) is 6.53. The molecule has 0 spiro atoms. The number of nitrogens with two attached hydrogens (primary N) is 1. The van der Waals surface area contributed by atoms with Crippen LogP contribution in [0.1, 0.15) is 32.1 Å². The summed E-state index contributed by atoms with van der Waals surface area (Å²) in [5, 5.41) is 0. The number of hydrogen-bond acceptors (Lipinski definition) is 3. The van der Waals surface area contributed by atoms with Gasteiger partial charge in [0, 0.05) is 12.2 Å². The number of nitrogens with one attached hydrogen (secondary N) is 1. The molecule has 0 atom stereocenters. The molecule has 1 aliphatic carbocycles. The summed E-state index contributed by atoms with van der Waals surface area (Å²) in [5.41, 5.74) is 5.56. The first kappa shape index (κ1) is 14.3. The van der Waals surface area contributed by atoms with Crippen LogP contribution in [0.4, 0.5) is 10.1 Å². The SMILES string of the molecule is Nc1cc(F)cc(S(=O)(=O)NCCC2CCCC2)c1. The van der Waals surface area contributed by atoms with E-state index in [1.807, 2.05) is 0 Å². The number of halogens is 1. The van der Waals surface area contributed by atoms with Gasteiger partial charge in [0.15, 0.2) is 0 Å². The standard InChI is InChI=1S/C13H19FN2O2S/c14-11-7-12(15)9-13(8-11)19(17,18)16-6-5-10-3-1-2-4-10/h7-10,16H,1-6,15H2. The Hall–Kier alpha value is -1.14. The Balaban J connectivity index is 1.97. The molecule has 0 bridgehead atoms. The molecule has 0 aliphatic heterocycles. The monoisotopic (exact) mass is 286 g/mol. The van der Waals surface area contributed by atoms with Crippen molar-refractivity contribution in [2.75, 3.05) is 12.3 Å². The van der Waals surface area contributed by atoms with Crippen LogP contribution in [0.3, 0.4) is 0 Å². The lowest BCUT2D eigenvalue weighted by atomic mass is 10.1. The van der Waals surface area contributed by atoms with E-state index in [-0.39, 0.29) is 10.6 Å². The van der Waals surface area contributed by atoms with Crippen LogP contribution in [0.15, 0.2) is 23.1 Å². The highest BCUT2D eigenvalue weighted by molar-refractivity contribution is 7.89. The Morgan fingerprint density at radius 2 is 1.95 bits per heavy atom. The first-order valence-corrected chi connectivity index (χ1v) is 8.01. The van der Waals surface area contributed by atoms with E-state index in [4.69, 9.17) is 5.73 Å². The molecule has 4 nitrogen and oxygen atoms in total. The highest BCUT2D eigenvalue weighted by atomic mass is 32.2. The minimum absolute atomic E-state index is 0.108. The average Bonchev–Trinajstić information content (AvgIpc) is 2.80. The summed E-state index contributed by atoms with van der Waals surface area (Å²) in [7, 11) is -3.67. The Morgan fingerprint density at radius 1 is 1.26 bits per heavy atom. The fraction of sp³-hybridized carbons (Fsp3) is 0.538. The van der Waals surface area contributed by atoms with Crippen molar-refractivity contribution in [3.8, 4) is 0 Å². The van der Waals surface area contributed by atoms with E-state index in [0.29, 0.717) is 12.5 Å². The van der Waals surface area contributed by atoms with Crippen LogP contribution in [0.25, 0.3) is 0 Å². The molecule has 0 heterocycles. The maximum atomic E-state index is 13.2. The topological polar surface area (TPSA) is 72.2 Å². The van der Waals surface area contributed by atoms with Crippen LogP contribution in [0.2, 0.25) is 0 Å². The maximum absolute atomic E-state index is 13.2. The molecular weight excluding hydrogens is 267 g/mol. The molecule has 19 heavy (non-hydrogen) atoms. The zero-order valence-corrected chi connectivity index (χ0v) is 11.5. The van der Waals surface area contributed by atoms with Gasteiger partial charge in [-0.15, -0.1) is 0 Å². The number of nitrogen functional groups attached to an aromatic ring is 1. The fourth-order valence-electron chi connectivity index (χ4n) is 2.52. The van der Waals surface area contributed by atoms with Gasteiger partial charge in [-0.05, 0) is 30.5 Å². The van der Waals surface area contributed by atoms with Gasteiger partial charge in [-0.1, -0.05) is 25.7 Å². The second-order valence-corrected chi connectivity index (χ2v) is 6.82. The van der Waals surface area contributed by atoms with Gasteiger partial charge in [0.2, 0.25) is 10.0 Å². The van der Waals surface area contributed by atoms with Gasteiger partial charge >= 0.3 is 0 Å². The van der Waals surface area contributed by atoms with Crippen LogP contribution in [-0.2, 0) is 10.0 Å². The van der Waals surface area contributed by atoms with Gasteiger partial charge in [0.1, 0.15) is 5.82 Å². The van der Waals surface area contributed by atoms with Crippen molar-refractivity contribution < 1.29 is 12.8 Å². The van der Waals surface area contributed by atoms with Gasteiger partial charge < -0.3 is 5.73 Å². The summed E-state index contributed by atoms with van der Waals surface area (Å²) in [6, 6.07) is 3.34. The normalized spacial score (nSPS) is 16.9. The highest BCUT2D eigenvalue weighted by Crippen LogP contribution is 2.27. The largest absolute Gasteiger partial charge is 0.399 e. The number of sulfonamides is 1. The number of benzene rings is 1. The average molecular weight is 286 g/mol. The lowest BCUT2D eigenvalue weighted by molar-refractivity contribution is 0.495. The number of anilines is 1. The molecule has 106 valence electrons. The van der Waals surface area contributed by atoms with Crippen LogP contribution in [-0.4, -0.2) is 15.0 Å². The van der Waals surface area contributed by atoms with Crippen molar-refractivity contribution >= 4 is 15.7 Å². The Bertz CT molecular complexity index is 519. The Kier molecular flexibility index (Phi) is 4.42. The minimum atomic E-state index is -3.67. The zero-order valence-electron chi connectivity index (χ0n) is 10.7. The third kappa shape index (κ3) is 3.91. The Labute approximate surface area is 113 Å². The third-order valence-electron chi connectivity index (χ3n) is 3.52. The molecule has 0 saturated heterocycles. The molecule has 0 aromatic heterocycles. The van der Waals surface area contributed by atoms with E-state index in [0.717, 1.165) is 18.6 Å². The van der Waals surface area contributed by atoms with Crippen LogP contribution in [0.5, 0.6) is 0 Å². The second kappa shape index (κ2) is 5.88. The van der Waals surface area contributed by atoms with Crippen molar-refractivity contribution in [1.29, 1.82) is 0 Å². The second-order valence-electron chi connectivity index (χ2n) is 5.06. The molecule has 1 aliphatic rings. The van der Waals surface area contributed by atoms with E-state index in [9.17, 15) is 12.8 Å². The van der Waals surface area contributed by atoms with Crippen molar-refractivity contribution in [2.45, 2.75) is 37.0 Å². The first-order chi connectivity index (χ1) is 8.97. The maximum Gasteiger partial charge on any atom is 0.240 e. The summed E-state index contributed by atoms with van der Waals surface area (Å²) in [4.78, 5) is -0.114. The van der Waals surface area contributed by atoms with E-state index >= 15 is 0 Å². The lowest BCUT2D eigenvalue weighted by Gasteiger charge is -2.11. The number of rotatable bonds is 5.